The van der Waals surface area contributed by atoms with Crippen LogP contribution in [0.25, 0.3) is 11.1 Å². The second-order valence-electron chi connectivity index (χ2n) is 17.4. The SMILES string of the molecule is C=C1C2=C(C3=C(C)C(C)=C(C)C3)C(C)C(=C)C2=C(C2=C(C)C=C(C3=C(C)c4c(C#CO)c5c(c(C#CO)c4C3C(C)C)C(C)=C(C)C5C(C)C)C2)C1C. The molecule has 0 saturated heterocycles. The lowest BCUT2D eigenvalue weighted by Crippen LogP contribution is -2.14. The molecule has 7 rings (SSSR count). The quantitative estimate of drug-likeness (QED) is 0.300. The summed E-state index contributed by atoms with van der Waals surface area (Å²) in [5.74, 6) is 7.70. The summed E-state index contributed by atoms with van der Waals surface area (Å²) in [7, 11) is 0. The van der Waals surface area contributed by atoms with Crippen molar-refractivity contribution in [1.82, 2.24) is 0 Å². The van der Waals surface area contributed by atoms with E-state index in [2.05, 4.69) is 120 Å². The molecule has 1 aromatic carbocycles. The predicted molar refractivity (Wildman–Crippen MR) is 222 cm³/mol. The highest BCUT2D eigenvalue weighted by atomic mass is 16.2. The van der Waals surface area contributed by atoms with E-state index in [1.54, 1.807) is 0 Å². The maximum Gasteiger partial charge on any atom is 0.113 e. The molecule has 2 N–H and O–H groups in total. The molecule has 272 valence electrons. The second kappa shape index (κ2) is 12.7. The number of aliphatic hydroxyl groups is 2. The van der Waals surface area contributed by atoms with Crippen LogP contribution < -0.4 is 0 Å². The summed E-state index contributed by atoms with van der Waals surface area (Å²) >= 11 is 0. The number of allylic oxidation sites excluding steroid dienone is 18. The minimum Gasteiger partial charge on any atom is -0.462 e. The first-order valence-corrected chi connectivity index (χ1v) is 19.6. The van der Waals surface area contributed by atoms with Crippen LogP contribution in [0.5, 0.6) is 0 Å². The minimum atomic E-state index is 0.0587. The van der Waals surface area contributed by atoms with Gasteiger partial charge in [-0.3, -0.25) is 0 Å². The van der Waals surface area contributed by atoms with Crippen LogP contribution in [-0.4, -0.2) is 10.2 Å². The van der Waals surface area contributed by atoms with Crippen molar-refractivity contribution in [1.29, 1.82) is 0 Å². The molecule has 0 bridgehead atoms. The molecule has 0 radical (unpaired) electrons. The van der Waals surface area contributed by atoms with E-state index in [1.807, 2.05) is 0 Å². The van der Waals surface area contributed by atoms with Gasteiger partial charge in [-0.2, -0.15) is 0 Å². The molecule has 4 atom stereocenters. The molecular formula is C51H56O2. The molecule has 2 nitrogen and oxygen atoms in total. The Bertz CT molecular complexity index is 2380. The summed E-state index contributed by atoms with van der Waals surface area (Å²) in [6, 6.07) is 0. The third-order valence-electron chi connectivity index (χ3n) is 14.1. The monoisotopic (exact) mass is 700 g/mol. The molecular weight excluding hydrogens is 645 g/mol. The van der Waals surface area contributed by atoms with E-state index in [0.29, 0.717) is 5.92 Å². The zero-order chi connectivity index (χ0) is 38.7. The summed E-state index contributed by atoms with van der Waals surface area (Å²) in [6.07, 6.45) is 8.92. The number of aliphatic hydroxyl groups excluding tert-OH is 2. The average molecular weight is 701 g/mol. The van der Waals surface area contributed by atoms with Gasteiger partial charge < -0.3 is 10.2 Å². The summed E-state index contributed by atoms with van der Waals surface area (Å²) < 4.78 is 0. The standard InChI is InChI=1S/C51H56O2/c1-23(2)41-29(9)30(10)44-37(16-18-52)51-42(24(3)4)43(35(15)47(51)38(17-19-53)50(41)44)36-20-26(6)39(22-36)45-31(11)33(13)49-46(32(12)34(14)48(45)49)40-21-25(5)27(7)28(40)8/h20,23-24,31-32,41-42,52-53H,13-14,21-22H2,1-12,15H3. The molecule has 53 heavy (non-hydrogen) atoms. The van der Waals surface area contributed by atoms with Crippen LogP contribution in [0.15, 0.2) is 103 Å². The van der Waals surface area contributed by atoms with E-state index >= 15 is 0 Å². The molecule has 0 aromatic heterocycles. The molecule has 0 spiro atoms. The van der Waals surface area contributed by atoms with Gasteiger partial charge in [0.1, 0.15) is 12.2 Å². The number of hydrogen-bond acceptors (Lipinski definition) is 2. The molecule has 4 unspecified atom stereocenters. The van der Waals surface area contributed by atoms with E-state index < -0.39 is 0 Å². The molecule has 0 saturated carbocycles. The van der Waals surface area contributed by atoms with Crippen LogP contribution in [0.2, 0.25) is 0 Å². The Morgan fingerprint density at radius 1 is 0.623 bits per heavy atom. The Labute approximate surface area is 319 Å². The van der Waals surface area contributed by atoms with Crippen molar-refractivity contribution in [3.63, 3.8) is 0 Å². The maximum absolute atomic E-state index is 10.2. The first-order chi connectivity index (χ1) is 25.0. The van der Waals surface area contributed by atoms with Gasteiger partial charge in [0.15, 0.2) is 0 Å². The number of hydrogen-bond donors (Lipinski definition) is 2. The first kappa shape index (κ1) is 36.7. The van der Waals surface area contributed by atoms with E-state index in [9.17, 15) is 10.2 Å². The highest BCUT2D eigenvalue weighted by Gasteiger charge is 2.46. The van der Waals surface area contributed by atoms with Gasteiger partial charge in [0, 0.05) is 34.8 Å². The van der Waals surface area contributed by atoms with Gasteiger partial charge in [-0.15, -0.1) is 0 Å². The summed E-state index contributed by atoms with van der Waals surface area (Å²) in [4.78, 5) is 0. The maximum atomic E-state index is 10.2. The first-order valence-electron chi connectivity index (χ1n) is 19.6. The van der Waals surface area contributed by atoms with Gasteiger partial charge >= 0.3 is 0 Å². The van der Waals surface area contributed by atoms with Crippen molar-refractivity contribution in [3.8, 4) is 24.1 Å². The molecule has 0 heterocycles. The lowest BCUT2D eigenvalue weighted by Gasteiger charge is -2.27. The molecule has 6 aliphatic carbocycles. The summed E-state index contributed by atoms with van der Waals surface area (Å²) in [5, 5.41) is 20.5. The van der Waals surface area contributed by atoms with Gasteiger partial charge in [-0.1, -0.05) is 71.9 Å². The third kappa shape index (κ3) is 4.87. The molecule has 0 amide bonds. The Morgan fingerprint density at radius 3 is 1.58 bits per heavy atom. The van der Waals surface area contributed by atoms with E-state index in [1.165, 1.54) is 94.7 Å². The fraction of sp³-hybridized carbons (Fsp3) is 0.412. The Morgan fingerprint density at radius 2 is 1.11 bits per heavy atom. The van der Waals surface area contributed by atoms with Crippen LogP contribution >= 0.6 is 0 Å². The van der Waals surface area contributed by atoms with Gasteiger partial charge in [0.05, 0.1) is 0 Å². The zero-order valence-corrected chi connectivity index (χ0v) is 34.3. The molecule has 6 aliphatic rings. The smallest absolute Gasteiger partial charge is 0.113 e. The van der Waals surface area contributed by atoms with Crippen molar-refractivity contribution in [3.05, 3.63) is 136 Å². The van der Waals surface area contributed by atoms with Crippen LogP contribution in [0.3, 0.4) is 0 Å². The van der Waals surface area contributed by atoms with Gasteiger partial charge in [0.2, 0.25) is 0 Å². The molecule has 1 aromatic rings. The van der Waals surface area contributed by atoms with Gasteiger partial charge in [-0.05, 0) is 191 Å². The summed E-state index contributed by atoms with van der Waals surface area (Å²) in [6.45, 7) is 39.1. The topological polar surface area (TPSA) is 40.5 Å². The van der Waals surface area contributed by atoms with E-state index in [-0.39, 0.29) is 29.6 Å². The fourth-order valence-electron chi connectivity index (χ4n) is 11.2. The van der Waals surface area contributed by atoms with Crippen LogP contribution in [0, 0.1) is 47.7 Å². The number of fused-ring (bicyclic) bond motifs is 3. The lowest BCUT2D eigenvalue weighted by molar-refractivity contribution is 0.516. The van der Waals surface area contributed by atoms with E-state index in [0.717, 1.165) is 46.2 Å². The zero-order valence-electron chi connectivity index (χ0n) is 34.3. The fourth-order valence-corrected chi connectivity index (χ4v) is 11.2. The largest absolute Gasteiger partial charge is 0.462 e. The highest BCUT2D eigenvalue weighted by Crippen LogP contribution is 2.62. The van der Waals surface area contributed by atoms with Crippen molar-refractivity contribution < 1.29 is 10.2 Å². The van der Waals surface area contributed by atoms with Gasteiger partial charge in [-0.25, -0.2) is 0 Å². The van der Waals surface area contributed by atoms with Crippen LogP contribution in [0.4, 0.5) is 0 Å². The van der Waals surface area contributed by atoms with Crippen molar-refractivity contribution in [2.24, 2.45) is 23.7 Å². The van der Waals surface area contributed by atoms with Crippen molar-refractivity contribution in [2.75, 3.05) is 0 Å². The molecule has 0 aliphatic heterocycles. The highest BCUT2D eigenvalue weighted by molar-refractivity contribution is 5.94. The number of benzene rings is 1. The predicted octanol–water partition coefficient (Wildman–Crippen LogP) is 12.8. The van der Waals surface area contributed by atoms with Crippen molar-refractivity contribution >= 4 is 11.1 Å². The van der Waals surface area contributed by atoms with E-state index in [4.69, 9.17) is 13.2 Å². The summed E-state index contributed by atoms with van der Waals surface area (Å²) in [5.41, 5.74) is 29.2. The third-order valence-corrected chi connectivity index (χ3v) is 14.1. The Balaban J connectivity index is 1.40. The van der Waals surface area contributed by atoms with Crippen LogP contribution in [-0.2, 0) is 0 Å². The molecule has 2 heteroatoms. The Kier molecular flexibility index (Phi) is 8.82. The minimum absolute atomic E-state index is 0.0587. The number of rotatable bonds is 5. The second-order valence-corrected chi connectivity index (χ2v) is 17.4. The van der Waals surface area contributed by atoms with Crippen LogP contribution in [0.1, 0.15) is 148 Å². The van der Waals surface area contributed by atoms with Crippen molar-refractivity contribution in [2.45, 2.75) is 115 Å². The molecule has 0 fully saturated rings. The average Bonchev–Trinajstić information content (AvgIpc) is 3.88. The Hall–Kier alpha value is -4.66. The van der Waals surface area contributed by atoms with Gasteiger partial charge in [0.25, 0.3) is 0 Å². The lowest BCUT2D eigenvalue weighted by atomic mass is 9.76. The normalized spacial score (nSPS) is 25.2.